The van der Waals surface area contributed by atoms with Crippen molar-refractivity contribution in [2.75, 3.05) is 0 Å². The van der Waals surface area contributed by atoms with Crippen molar-refractivity contribution in [2.24, 2.45) is 0 Å². The quantitative estimate of drug-likeness (QED) is 0.163. The van der Waals surface area contributed by atoms with Gasteiger partial charge in [-0.05, 0) is 74.0 Å². The minimum Gasteiger partial charge on any atom is -0.455 e. The van der Waals surface area contributed by atoms with Crippen LogP contribution >= 0.6 is 0 Å². The van der Waals surface area contributed by atoms with E-state index in [1.54, 1.807) is 0 Å². The van der Waals surface area contributed by atoms with Crippen LogP contribution in [0.3, 0.4) is 0 Å². The normalized spacial score (nSPS) is 11.4. The third-order valence-electron chi connectivity index (χ3n) is 11.1. The topological polar surface area (TPSA) is 51.8 Å². The van der Waals surface area contributed by atoms with Crippen LogP contribution in [0.5, 0.6) is 0 Å². The number of aromatic nitrogens is 3. The number of fused-ring (bicyclic) bond motifs is 4. The van der Waals surface area contributed by atoms with E-state index in [2.05, 4.69) is 182 Å². The molecule has 0 N–H and O–H groups in total. The van der Waals surface area contributed by atoms with Crippen LogP contribution in [-0.2, 0) is 0 Å². The number of nitrogens with zero attached hydrogens (tertiary/aromatic N) is 3. The first kappa shape index (κ1) is 34.3. The summed E-state index contributed by atoms with van der Waals surface area (Å²) in [5.74, 6) is 1.85. The molecule has 2 heterocycles. The van der Waals surface area contributed by atoms with Gasteiger partial charge in [-0.3, -0.25) is 0 Å². The molecule has 0 amide bonds. The third-order valence-corrected chi connectivity index (χ3v) is 11.1. The monoisotopic (exact) mass is 753 g/mol. The number of rotatable bonds is 7. The Hall–Kier alpha value is -7.95. The number of benzene rings is 9. The van der Waals surface area contributed by atoms with Crippen LogP contribution in [-0.4, -0.2) is 15.0 Å². The van der Waals surface area contributed by atoms with Crippen molar-refractivity contribution in [3.63, 3.8) is 0 Å². The van der Waals surface area contributed by atoms with Gasteiger partial charge in [0.1, 0.15) is 11.2 Å². The molecule has 0 aliphatic heterocycles. The lowest BCUT2D eigenvalue weighted by Gasteiger charge is -2.13. The Morgan fingerprint density at radius 2 is 0.814 bits per heavy atom. The Labute approximate surface area is 341 Å². The second-order valence-electron chi connectivity index (χ2n) is 14.8. The summed E-state index contributed by atoms with van der Waals surface area (Å²) in [6.07, 6.45) is 0. The Morgan fingerprint density at radius 3 is 1.63 bits per heavy atom. The van der Waals surface area contributed by atoms with E-state index in [1.807, 2.05) is 30.3 Å². The summed E-state index contributed by atoms with van der Waals surface area (Å²) >= 11 is 0. The summed E-state index contributed by atoms with van der Waals surface area (Å²) in [6.45, 7) is 0. The van der Waals surface area contributed by atoms with Gasteiger partial charge in [0.05, 0.1) is 0 Å². The SMILES string of the molecule is c1ccc(-c2cccc(-c3nc(-c4ccc(-c5cc(-c6cccc7c6oc6ccccc67)c6ccccc6c5)cc4)nc(-c4ccccc4-c4ccccc4)n3)c2)cc1. The summed E-state index contributed by atoms with van der Waals surface area (Å²) in [7, 11) is 0. The Morgan fingerprint density at radius 1 is 0.271 bits per heavy atom. The van der Waals surface area contributed by atoms with Gasteiger partial charge in [0, 0.05) is 33.0 Å². The van der Waals surface area contributed by atoms with E-state index < -0.39 is 0 Å². The molecule has 0 aliphatic rings. The van der Waals surface area contributed by atoms with Gasteiger partial charge in [-0.1, -0.05) is 188 Å². The van der Waals surface area contributed by atoms with Crippen LogP contribution in [0.4, 0.5) is 0 Å². The highest BCUT2D eigenvalue weighted by Gasteiger charge is 2.18. The lowest BCUT2D eigenvalue weighted by molar-refractivity contribution is 0.670. The first-order valence-corrected chi connectivity index (χ1v) is 19.8. The number of furan rings is 1. The predicted molar refractivity (Wildman–Crippen MR) is 243 cm³/mol. The van der Waals surface area contributed by atoms with Crippen LogP contribution in [0.2, 0.25) is 0 Å². The highest BCUT2D eigenvalue weighted by atomic mass is 16.3. The molecule has 9 aromatic carbocycles. The van der Waals surface area contributed by atoms with Crippen molar-refractivity contribution in [1.82, 2.24) is 15.0 Å². The van der Waals surface area contributed by atoms with E-state index in [9.17, 15) is 0 Å². The molecule has 4 heteroatoms. The fraction of sp³-hybridized carbons (Fsp3) is 0. The Balaban J connectivity index is 1.04. The van der Waals surface area contributed by atoms with Crippen LogP contribution in [0.15, 0.2) is 217 Å². The first-order valence-electron chi connectivity index (χ1n) is 19.8. The van der Waals surface area contributed by atoms with Gasteiger partial charge < -0.3 is 4.42 Å². The molecule has 11 rings (SSSR count). The number of para-hydroxylation sites is 2. The zero-order valence-electron chi connectivity index (χ0n) is 32.0. The molecular weight excluding hydrogens is 719 g/mol. The molecular formula is C55H35N3O. The van der Waals surface area contributed by atoms with Gasteiger partial charge in [-0.2, -0.15) is 0 Å². The van der Waals surface area contributed by atoms with Crippen molar-refractivity contribution in [1.29, 1.82) is 0 Å². The largest absolute Gasteiger partial charge is 0.455 e. The molecule has 0 radical (unpaired) electrons. The summed E-state index contributed by atoms with van der Waals surface area (Å²) in [6, 6.07) is 74.0. The van der Waals surface area contributed by atoms with Crippen LogP contribution in [0.1, 0.15) is 0 Å². The Bertz CT molecular complexity index is 3320. The average Bonchev–Trinajstić information content (AvgIpc) is 3.71. The standard InChI is InChI=1S/C55H35N3O/c1-3-15-36(16-4-1)40-20-13-21-42(33-40)54-56-53(57-55(58-54)49-25-10-9-22-44(49)38-17-5-2-6-18-38)39-31-29-37(30-32-39)43-34-41-19-7-8-23-45(41)50(35-43)48-27-14-26-47-46-24-11-12-28-51(46)59-52(47)48/h1-35H. The van der Waals surface area contributed by atoms with E-state index in [-0.39, 0.29) is 0 Å². The van der Waals surface area contributed by atoms with Gasteiger partial charge in [0.15, 0.2) is 17.5 Å². The predicted octanol–water partition coefficient (Wildman–Crippen LogP) is 14.6. The molecule has 0 fully saturated rings. The van der Waals surface area contributed by atoms with Gasteiger partial charge in [0.2, 0.25) is 0 Å². The van der Waals surface area contributed by atoms with E-state index in [0.717, 1.165) is 83.1 Å². The molecule has 0 saturated heterocycles. The minimum atomic E-state index is 0.611. The molecule has 0 atom stereocenters. The number of hydrogen-bond donors (Lipinski definition) is 0. The Kier molecular flexibility index (Phi) is 8.45. The molecule has 4 nitrogen and oxygen atoms in total. The molecule has 59 heavy (non-hydrogen) atoms. The van der Waals surface area contributed by atoms with Gasteiger partial charge in [0.25, 0.3) is 0 Å². The second kappa shape index (κ2) is 14.5. The molecule has 276 valence electrons. The smallest absolute Gasteiger partial charge is 0.164 e. The van der Waals surface area contributed by atoms with E-state index >= 15 is 0 Å². The maximum absolute atomic E-state index is 6.52. The summed E-state index contributed by atoms with van der Waals surface area (Å²) < 4.78 is 6.52. The first-order chi connectivity index (χ1) is 29.2. The maximum atomic E-state index is 6.52. The van der Waals surface area contributed by atoms with Crippen LogP contribution in [0.25, 0.3) is 111 Å². The molecule has 0 unspecified atom stereocenters. The molecule has 0 aliphatic carbocycles. The van der Waals surface area contributed by atoms with Crippen molar-refractivity contribution < 1.29 is 4.42 Å². The third kappa shape index (κ3) is 6.34. The van der Waals surface area contributed by atoms with Crippen molar-refractivity contribution in [3.05, 3.63) is 212 Å². The van der Waals surface area contributed by atoms with E-state index in [0.29, 0.717) is 17.5 Å². The minimum absolute atomic E-state index is 0.611. The number of hydrogen-bond acceptors (Lipinski definition) is 4. The van der Waals surface area contributed by atoms with Crippen molar-refractivity contribution in [3.8, 4) is 78.7 Å². The van der Waals surface area contributed by atoms with Gasteiger partial charge in [-0.25, -0.2) is 15.0 Å². The van der Waals surface area contributed by atoms with Gasteiger partial charge >= 0.3 is 0 Å². The fourth-order valence-corrected chi connectivity index (χ4v) is 8.24. The molecule has 0 saturated carbocycles. The van der Waals surface area contributed by atoms with Crippen LogP contribution in [0, 0.1) is 0 Å². The summed E-state index contributed by atoms with van der Waals surface area (Å²) in [5.41, 5.74) is 13.4. The van der Waals surface area contributed by atoms with E-state index in [1.165, 1.54) is 10.8 Å². The molecule has 0 spiro atoms. The molecule has 0 bridgehead atoms. The lowest BCUT2D eigenvalue weighted by atomic mass is 9.92. The summed E-state index contributed by atoms with van der Waals surface area (Å²) in [5, 5.41) is 4.58. The maximum Gasteiger partial charge on any atom is 0.164 e. The second-order valence-corrected chi connectivity index (χ2v) is 14.8. The fourth-order valence-electron chi connectivity index (χ4n) is 8.24. The highest BCUT2D eigenvalue weighted by Crippen LogP contribution is 2.41. The van der Waals surface area contributed by atoms with Crippen LogP contribution < -0.4 is 0 Å². The average molecular weight is 754 g/mol. The zero-order chi connectivity index (χ0) is 39.1. The van der Waals surface area contributed by atoms with Gasteiger partial charge in [-0.15, -0.1) is 0 Å². The molecule has 11 aromatic rings. The van der Waals surface area contributed by atoms with E-state index in [4.69, 9.17) is 19.4 Å². The van der Waals surface area contributed by atoms with Crippen molar-refractivity contribution >= 4 is 32.7 Å². The zero-order valence-corrected chi connectivity index (χ0v) is 32.0. The lowest BCUT2D eigenvalue weighted by Crippen LogP contribution is -2.01. The molecule has 2 aromatic heterocycles. The van der Waals surface area contributed by atoms with Crippen molar-refractivity contribution in [2.45, 2.75) is 0 Å². The highest BCUT2D eigenvalue weighted by molar-refractivity contribution is 6.12. The summed E-state index contributed by atoms with van der Waals surface area (Å²) in [4.78, 5) is 15.5.